The van der Waals surface area contributed by atoms with Crippen molar-refractivity contribution in [2.75, 3.05) is 5.32 Å². The average molecular weight is 444 g/mol. The second-order valence-electron chi connectivity index (χ2n) is 8.41. The van der Waals surface area contributed by atoms with Crippen molar-refractivity contribution in [2.45, 2.75) is 55.9 Å². The Morgan fingerprint density at radius 2 is 2.06 bits per heavy atom. The van der Waals surface area contributed by atoms with E-state index in [1.165, 1.54) is 18.6 Å². The van der Waals surface area contributed by atoms with Crippen LogP contribution >= 0.6 is 0 Å². The number of hydrogen-bond acceptors (Lipinski definition) is 4. The van der Waals surface area contributed by atoms with Crippen LogP contribution in [0.1, 0.15) is 60.1 Å². The predicted molar refractivity (Wildman–Crippen MR) is 115 cm³/mol. The molecule has 1 unspecified atom stereocenters. The largest absolute Gasteiger partial charge is 0.345 e. The van der Waals surface area contributed by atoms with Gasteiger partial charge >= 0.3 is 0 Å². The molecule has 1 amide bonds. The fraction of sp³-hybridized carbons (Fsp3) is 0.455. The molecule has 2 atom stereocenters. The van der Waals surface area contributed by atoms with Crippen LogP contribution in [0.5, 0.6) is 0 Å². The molecule has 1 aromatic heterocycles. The van der Waals surface area contributed by atoms with Crippen molar-refractivity contribution in [2.24, 2.45) is 13.0 Å². The van der Waals surface area contributed by atoms with Crippen LogP contribution in [0.25, 0.3) is 0 Å². The first-order valence-corrected chi connectivity index (χ1v) is 12.1. The van der Waals surface area contributed by atoms with Gasteiger partial charge in [-0.15, -0.1) is 0 Å². The monoisotopic (exact) mass is 443 g/mol. The number of carbonyl (C=O) groups excluding carboxylic acids is 1. The van der Waals surface area contributed by atoms with Gasteiger partial charge in [0.05, 0.1) is 10.5 Å². The summed E-state index contributed by atoms with van der Waals surface area (Å²) in [5, 5.41) is 11.7. The molecular formula is C22H26FN5O2S. The lowest BCUT2D eigenvalue weighted by Gasteiger charge is -2.30. The Kier molecular flexibility index (Phi) is 5.86. The second kappa shape index (κ2) is 8.44. The number of aryl methyl sites for hydroxylation is 1. The van der Waals surface area contributed by atoms with Crippen LogP contribution in [0.3, 0.4) is 0 Å². The second-order valence-corrected chi connectivity index (χ2v) is 10.2. The van der Waals surface area contributed by atoms with E-state index in [0.717, 1.165) is 31.7 Å². The third-order valence-corrected chi connectivity index (χ3v) is 7.96. The fourth-order valence-corrected chi connectivity index (χ4v) is 6.53. The van der Waals surface area contributed by atoms with Crippen LogP contribution < -0.4 is 10.0 Å². The van der Waals surface area contributed by atoms with Crippen LogP contribution in [0, 0.1) is 27.8 Å². The lowest BCUT2D eigenvalue weighted by Crippen LogP contribution is -2.39. The summed E-state index contributed by atoms with van der Waals surface area (Å²) in [5.74, 6) is -0.689. The van der Waals surface area contributed by atoms with E-state index in [2.05, 4.69) is 10.0 Å². The minimum absolute atomic E-state index is 0.00537. The summed E-state index contributed by atoms with van der Waals surface area (Å²) >= 11 is 0. The third kappa shape index (κ3) is 4.23. The number of amides is 1. The zero-order valence-electron chi connectivity index (χ0n) is 17.4. The zero-order valence-corrected chi connectivity index (χ0v) is 18.2. The lowest BCUT2D eigenvalue weighted by atomic mass is 9.82. The van der Waals surface area contributed by atoms with Crippen LogP contribution in [-0.4, -0.2) is 20.7 Å². The molecule has 7 nitrogen and oxygen atoms in total. The molecule has 0 saturated heterocycles. The first kappa shape index (κ1) is 21.5. The topological polar surface area (TPSA) is 111 Å². The molecule has 164 valence electrons. The number of fused-ring (bicyclic) bond motifs is 1. The van der Waals surface area contributed by atoms with Crippen molar-refractivity contribution < 1.29 is 13.4 Å². The van der Waals surface area contributed by atoms with E-state index in [4.69, 9.17) is 10.0 Å². The van der Waals surface area contributed by atoms with Gasteiger partial charge in [-0.3, -0.25) is 4.79 Å². The number of nitriles is 1. The molecule has 2 heterocycles. The summed E-state index contributed by atoms with van der Waals surface area (Å²) in [4.78, 5) is 13.4. The van der Waals surface area contributed by atoms with E-state index >= 15 is 0 Å². The van der Waals surface area contributed by atoms with Gasteiger partial charge in [0.15, 0.2) is 0 Å². The Morgan fingerprint density at radius 3 is 2.77 bits per heavy atom. The summed E-state index contributed by atoms with van der Waals surface area (Å²) in [6, 6.07) is 5.56. The van der Waals surface area contributed by atoms with E-state index in [-0.39, 0.29) is 11.6 Å². The number of rotatable bonds is 3. The Labute approximate surface area is 181 Å². The van der Waals surface area contributed by atoms with Crippen molar-refractivity contribution in [1.82, 2.24) is 9.29 Å². The van der Waals surface area contributed by atoms with E-state index in [1.54, 1.807) is 23.9 Å². The Morgan fingerprint density at radius 1 is 1.32 bits per heavy atom. The highest BCUT2D eigenvalue weighted by molar-refractivity contribution is 7.90. The smallest absolute Gasteiger partial charge is 0.272 e. The molecule has 1 fully saturated rings. The molecule has 1 saturated carbocycles. The number of halogens is 1. The lowest BCUT2D eigenvalue weighted by molar-refractivity contribution is 0.101. The van der Waals surface area contributed by atoms with Gasteiger partial charge in [-0.25, -0.2) is 18.1 Å². The minimum Gasteiger partial charge on any atom is -0.345 e. The summed E-state index contributed by atoms with van der Waals surface area (Å²) < 4.78 is 40.1. The number of nitrogens with zero attached hydrogens (tertiary/aromatic N) is 2. The molecule has 0 spiro atoms. The zero-order chi connectivity index (χ0) is 22.2. The molecule has 2 aromatic rings. The maximum absolute atomic E-state index is 13.6. The molecule has 1 aromatic carbocycles. The van der Waals surface area contributed by atoms with Gasteiger partial charge in [0.25, 0.3) is 5.91 Å². The maximum Gasteiger partial charge on any atom is 0.272 e. The van der Waals surface area contributed by atoms with E-state index in [0.29, 0.717) is 40.6 Å². The Bertz CT molecular complexity index is 1160. The number of benzene rings is 1. The van der Waals surface area contributed by atoms with E-state index in [9.17, 15) is 13.4 Å². The first-order valence-electron chi connectivity index (χ1n) is 10.6. The van der Waals surface area contributed by atoms with Crippen molar-refractivity contribution in [1.29, 1.82) is 10.0 Å². The van der Waals surface area contributed by atoms with Crippen molar-refractivity contribution in [3.63, 3.8) is 0 Å². The van der Waals surface area contributed by atoms with Crippen LogP contribution in [-0.2, 0) is 23.4 Å². The van der Waals surface area contributed by atoms with Crippen LogP contribution in [0.4, 0.5) is 10.1 Å². The predicted octanol–water partition coefficient (Wildman–Crippen LogP) is 4.09. The summed E-state index contributed by atoms with van der Waals surface area (Å²) in [6.07, 6.45) is 8.55. The first-order chi connectivity index (χ1) is 14.8. The Balaban J connectivity index is 1.63. The average Bonchev–Trinajstić information content (AvgIpc) is 3.04. The minimum atomic E-state index is -3.24. The molecular weight excluding hydrogens is 417 g/mol. The fourth-order valence-electron chi connectivity index (χ4n) is 4.82. The van der Waals surface area contributed by atoms with Crippen molar-refractivity contribution >= 4 is 21.5 Å². The third-order valence-electron chi connectivity index (χ3n) is 6.36. The maximum atomic E-state index is 13.6. The van der Waals surface area contributed by atoms with Crippen LogP contribution in [0.15, 0.2) is 29.3 Å². The van der Waals surface area contributed by atoms with E-state index < -0.39 is 21.6 Å². The SMILES string of the molecule is Cn1cc2c(c1C(=O)Nc1ccc(F)c(C#N)c1)CC[C@H](C1CCCCC1)NS2(=N)=O. The van der Waals surface area contributed by atoms with Gasteiger partial charge in [0, 0.05) is 30.5 Å². The molecule has 0 radical (unpaired) electrons. The molecule has 9 heteroatoms. The standard InChI is InChI=1S/C22H26FN5O2S/c1-28-13-20-17(8-10-19(27-31(20,25)30)14-5-3-2-4-6-14)21(28)22(29)26-16-7-9-18(23)15(11-16)12-24/h7,9,11,13-14,19H,2-6,8,10H2,1H3,(H,26,29)(H2,25,27,30)/t19-,31?/m1/s1. The van der Waals surface area contributed by atoms with Crippen molar-refractivity contribution in [3.8, 4) is 6.07 Å². The van der Waals surface area contributed by atoms with Gasteiger partial charge in [0.2, 0.25) is 0 Å². The molecule has 4 rings (SSSR count). The number of hydrogen-bond donors (Lipinski definition) is 3. The molecule has 0 bridgehead atoms. The van der Waals surface area contributed by atoms with Gasteiger partial charge in [0.1, 0.15) is 27.5 Å². The molecule has 1 aliphatic carbocycles. The summed E-state index contributed by atoms with van der Waals surface area (Å²) in [5.41, 5.74) is 1.10. The molecule has 3 N–H and O–H groups in total. The normalized spacial score (nSPS) is 24.1. The highest BCUT2D eigenvalue weighted by atomic mass is 32.2. The molecule has 2 aliphatic rings. The van der Waals surface area contributed by atoms with Crippen LogP contribution in [0.2, 0.25) is 0 Å². The van der Waals surface area contributed by atoms with Gasteiger partial charge in [-0.2, -0.15) is 5.26 Å². The van der Waals surface area contributed by atoms with Crippen molar-refractivity contribution in [3.05, 3.63) is 47.0 Å². The number of aromatic nitrogens is 1. The summed E-state index contributed by atoms with van der Waals surface area (Å²) in [6.45, 7) is 0. The summed E-state index contributed by atoms with van der Waals surface area (Å²) in [7, 11) is -1.56. The quantitative estimate of drug-likeness (QED) is 0.664. The number of anilines is 1. The van der Waals surface area contributed by atoms with Gasteiger partial charge in [-0.1, -0.05) is 19.3 Å². The van der Waals surface area contributed by atoms with Gasteiger partial charge in [-0.05, 0) is 49.8 Å². The van der Waals surface area contributed by atoms with Gasteiger partial charge < -0.3 is 9.88 Å². The number of nitrogens with one attached hydrogen (secondary N) is 3. The molecule has 1 aliphatic heterocycles. The molecule has 31 heavy (non-hydrogen) atoms. The number of carbonyl (C=O) groups is 1. The highest BCUT2D eigenvalue weighted by Gasteiger charge is 2.34. The Hall–Kier alpha value is -2.70. The highest BCUT2D eigenvalue weighted by Crippen LogP contribution is 2.34. The van der Waals surface area contributed by atoms with E-state index in [1.807, 2.05) is 0 Å².